The molecule has 8 N–H and O–H groups in total. The molecule has 16 heteroatoms. The molecule has 0 rings (SSSR count). The van der Waals surface area contributed by atoms with Gasteiger partial charge in [-0.25, -0.2) is 0 Å². The van der Waals surface area contributed by atoms with Crippen molar-refractivity contribution in [3.8, 4) is 0 Å². The summed E-state index contributed by atoms with van der Waals surface area (Å²) in [6, 6.07) is 0. The Balaban J connectivity index is -0.000000721. The first kappa shape index (κ1) is 120. The van der Waals surface area contributed by atoms with Crippen molar-refractivity contribution in [3.63, 3.8) is 0 Å². The molecule has 4 unspecified atom stereocenters. The quantitative estimate of drug-likeness (QED) is 0.0160. The van der Waals surface area contributed by atoms with Crippen molar-refractivity contribution >= 4 is 23.9 Å². The second-order valence-corrected chi connectivity index (χ2v) is 34.5. The maximum Gasteiger partial charge on any atom is 0.305 e. The molecular formula is C100H200O16. The van der Waals surface area contributed by atoms with E-state index < -0.39 is 24.4 Å². The van der Waals surface area contributed by atoms with Crippen molar-refractivity contribution in [3.05, 3.63) is 0 Å². The van der Waals surface area contributed by atoms with Crippen molar-refractivity contribution in [2.75, 3.05) is 52.9 Å². The molecule has 0 heterocycles. The van der Waals surface area contributed by atoms with Crippen LogP contribution in [0, 0.1) is 0 Å². The van der Waals surface area contributed by atoms with E-state index in [4.69, 9.17) is 59.8 Å². The normalized spacial score (nSPS) is 12.2. The minimum absolute atomic E-state index is 0.103. The highest BCUT2D eigenvalue weighted by molar-refractivity contribution is 5.70. The highest BCUT2D eigenvalue weighted by atomic mass is 16.6. The summed E-state index contributed by atoms with van der Waals surface area (Å²) in [5.41, 5.74) is 0. The third-order valence-electron chi connectivity index (χ3n) is 22.5. The zero-order valence-corrected chi connectivity index (χ0v) is 77.4. The maximum atomic E-state index is 11.4. The number of aliphatic hydroxyl groups is 8. The Bertz CT molecular complexity index is 1590. The molecule has 696 valence electrons. The SMILES string of the molecule is CCCCCCCCCCCCCCCCCCCCCC(=O)OCC(O)CO.CCCCCCCCCCCCCCCCCCCCCC(=O)OCC(O)CO.CCCCCCCCCCCCCCCCCCCCCC(=O)OCC(O)CO.CCCCCCCCCCCCCCCCCCCCCC(=O)OCC(O)CO. The van der Waals surface area contributed by atoms with Gasteiger partial charge in [-0.15, -0.1) is 0 Å². The zero-order chi connectivity index (χ0) is 85.7. The van der Waals surface area contributed by atoms with E-state index in [0.717, 1.165) is 51.4 Å². The van der Waals surface area contributed by atoms with E-state index in [2.05, 4.69) is 27.7 Å². The lowest BCUT2D eigenvalue weighted by atomic mass is 10.0. The Morgan fingerprint density at radius 3 is 0.336 bits per heavy atom. The van der Waals surface area contributed by atoms with E-state index in [1.54, 1.807) is 0 Å². The molecule has 0 aliphatic heterocycles. The Morgan fingerprint density at radius 1 is 0.164 bits per heavy atom. The summed E-state index contributed by atoms with van der Waals surface area (Å²) in [7, 11) is 0. The molecule has 0 saturated carbocycles. The van der Waals surface area contributed by atoms with E-state index in [9.17, 15) is 19.2 Å². The van der Waals surface area contributed by atoms with Gasteiger partial charge >= 0.3 is 23.9 Å². The number of aliphatic hydroxyl groups excluding tert-OH is 8. The summed E-state index contributed by atoms with van der Waals surface area (Å²) in [6.07, 6.45) is 99.5. The molecule has 0 radical (unpaired) electrons. The Hall–Kier alpha value is -2.44. The van der Waals surface area contributed by atoms with Gasteiger partial charge in [0.15, 0.2) is 0 Å². The van der Waals surface area contributed by atoms with Gasteiger partial charge in [-0.1, -0.05) is 490 Å². The number of carbonyl (C=O) groups excluding carboxylic acids is 4. The van der Waals surface area contributed by atoms with Gasteiger partial charge in [-0.3, -0.25) is 19.2 Å². The second-order valence-electron chi connectivity index (χ2n) is 34.5. The predicted molar refractivity (Wildman–Crippen MR) is 488 cm³/mol. The molecule has 0 bridgehead atoms. The molecule has 4 atom stereocenters. The standard InChI is InChI=1S/4C25H50O4/c4*1-2-3-4-5-6-7-8-9-10-11-12-13-14-15-16-17-18-19-20-21-25(28)29-23-24(27)22-26/h4*24,26-27H,2-23H2,1H3. The first-order valence-electron chi connectivity index (χ1n) is 50.6. The van der Waals surface area contributed by atoms with Gasteiger partial charge in [-0.2, -0.15) is 0 Å². The fourth-order valence-electron chi connectivity index (χ4n) is 14.6. The van der Waals surface area contributed by atoms with Gasteiger partial charge in [0.2, 0.25) is 0 Å². The lowest BCUT2D eigenvalue weighted by molar-refractivity contribution is -0.148. The maximum absolute atomic E-state index is 11.4. The van der Waals surface area contributed by atoms with Crippen molar-refractivity contribution in [2.24, 2.45) is 0 Å². The summed E-state index contributed by atoms with van der Waals surface area (Å²) in [4.78, 5) is 45.7. The first-order chi connectivity index (χ1) is 56.8. The van der Waals surface area contributed by atoms with E-state index in [1.165, 1.54) is 437 Å². The van der Waals surface area contributed by atoms with Crippen LogP contribution in [-0.4, -0.2) is 142 Å². The molecule has 0 spiro atoms. The fourth-order valence-corrected chi connectivity index (χ4v) is 14.6. The number of hydrogen-bond donors (Lipinski definition) is 8. The van der Waals surface area contributed by atoms with Crippen molar-refractivity contribution < 1.29 is 79.0 Å². The highest BCUT2D eigenvalue weighted by Crippen LogP contribution is 2.21. The van der Waals surface area contributed by atoms with Crippen LogP contribution in [0.1, 0.15) is 541 Å². The summed E-state index contributed by atoms with van der Waals surface area (Å²) in [5.74, 6) is -1.09. The van der Waals surface area contributed by atoms with Crippen LogP contribution in [0.15, 0.2) is 0 Å². The molecule has 0 fully saturated rings. The molecule has 0 aromatic heterocycles. The van der Waals surface area contributed by atoms with Crippen LogP contribution in [0.2, 0.25) is 0 Å². The van der Waals surface area contributed by atoms with Crippen molar-refractivity contribution in [1.29, 1.82) is 0 Å². The molecule has 0 aromatic rings. The molecule has 0 amide bonds. The van der Waals surface area contributed by atoms with Crippen LogP contribution in [0.3, 0.4) is 0 Å². The van der Waals surface area contributed by atoms with Gasteiger partial charge in [0.1, 0.15) is 50.8 Å². The summed E-state index contributed by atoms with van der Waals surface area (Å²) >= 11 is 0. The molecule has 116 heavy (non-hydrogen) atoms. The molecule has 16 nitrogen and oxygen atoms in total. The van der Waals surface area contributed by atoms with Gasteiger partial charge in [0.05, 0.1) is 26.4 Å². The highest BCUT2D eigenvalue weighted by Gasteiger charge is 2.12. The van der Waals surface area contributed by atoms with Crippen molar-refractivity contribution in [2.45, 2.75) is 566 Å². The number of carbonyl (C=O) groups is 4. The third kappa shape index (κ3) is 114. The van der Waals surface area contributed by atoms with Crippen LogP contribution in [0.5, 0.6) is 0 Å². The lowest BCUT2D eigenvalue weighted by Gasteiger charge is -2.08. The van der Waals surface area contributed by atoms with E-state index in [-0.39, 0.29) is 76.7 Å². The van der Waals surface area contributed by atoms with Crippen LogP contribution in [0.25, 0.3) is 0 Å². The molecule has 0 aliphatic rings. The smallest absolute Gasteiger partial charge is 0.305 e. The average molecular weight is 1660 g/mol. The van der Waals surface area contributed by atoms with Gasteiger partial charge in [-0.05, 0) is 25.7 Å². The van der Waals surface area contributed by atoms with Gasteiger partial charge in [0.25, 0.3) is 0 Å². The Kier molecular flexibility index (Phi) is 112. The number of hydrogen-bond acceptors (Lipinski definition) is 16. The minimum atomic E-state index is -0.955. The van der Waals surface area contributed by atoms with Crippen molar-refractivity contribution in [1.82, 2.24) is 0 Å². The van der Waals surface area contributed by atoms with E-state index in [0.29, 0.717) is 25.7 Å². The average Bonchev–Trinajstić information content (AvgIpc) is 1.05. The Morgan fingerprint density at radius 2 is 0.250 bits per heavy atom. The fraction of sp³-hybridized carbons (Fsp3) is 0.960. The number of rotatable bonds is 92. The monoisotopic (exact) mass is 1660 g/mol. The molecular weight excluding hydrogens is 1460 g/mol. The third-order valence-corrected chi connectivity index (χ3v) is 22.5. The van der Waals surface area contributed by atoms with E-state index >= 15 is 0 Å². The van der Waals surface area contributed by atoms with Crippen LogP contribution in [-0.2, 0) is 38.1 Å². The number of unbranched alkanes of at least 4 members (excludes halogenated alkanes) is 72. The summed E-state index contributed by atoms with van der Waals surface area (Å²) < 4.78 is 19.5. The lowest BCUT2D eigenvalue weighted by Crippen LogP contribution is -2.21. The Labute approximate surface area is 717 Å². The van der Waals surface area contributed by atoms with Gasteiger partial charge in [0, 0.05) is 25.7 Å². The van der Waals surface area contributed by atoms with E-state index in [1.807, 2.05) is 0 Å². The predicted octanol–water partition coefficient (Wildman–Crippen LogP) is 26.8. The largest absolute Gasteiger partial charge is 0.463 e. The van der Waals surface area contributed by atoms with Crippen LogP contribution >= 0.6 is 0 Å². The summed E-state index contributed by atoms with van der Waals surface area (Å²) in [5, 5.41) is 71.1. The molecule has 0 aliphatic carbocycles. The zero-order valence-electron chi connectivity index (χ0n) is 77.4. The molecule has 0 aromatic carbocycles. The summed E-state index contributed by atoms with van der Waals surface area (Å²) in [6.45, 7) is 7.23. The first-order valence-corrected chi connectivity index (χ1v) is 50.6. The topological polar surface area (TPSA) is 267 Å². The molecule has 0 saturated heterocycles. The second kappa shape index (κ2) is 109. The van der Waals surface area contributed by atoms with Gasteiger partial charge < -0.3 is 59.8 Å². The van der Waals surface area contributed by atoms with Crippen LogP contribution < -0.4 is 0 Å². The number of esters is 4. The number of ether oxygens (including phenoxy) is 4. The van der Waals surface area contributed by atoms with Crippen LogP contribution in [0.4, 0.5) is 0 Å². The minimum Gasteiger partial charge on any atom is -0.463 e.